The zero-order valence-corrected chi connectivity index (χ0v) is 20.2. The Labute approximate surface area is 203 Å². The standard InChI is InChI=1S/C26H21N3O3S2/c1-16-22(24(30)28-19-8-4-3-5-9-19)23(18-7-6-10-20(14-18)32-2)29-25(31)21(34-26(29)27-16)13-17-11-12-33-15-17/h3-15,23H,1-2H3,(H,28,30)/b21-13-. The summed E-state index contributed by atoms with van der Waals surface area (Å²) in [4.78, 5) is 32.4. The van der Waals surface area contributed by atoms with Crippen LogP contribution in [0.2, 0.25) is 0 Å². The Hall–Kier alpha value is -3.75. The third kappa shape index (κ3) is 4.13. The van der Waals surface area contributed by atoms with E-state index in [1.807, 2.05) is 84.4 Å². The highest BCUT2D eigenvalue weighted by molar-refractivity contribution is 7.08. The Bertz CT molecular complexity index is 1570. The van der Waals surface area contributed by atoms with Crippen molar-refractivity contribution < 1.29 is 9.53 Å². The summed E-state index contributed by atoms with van der Waals surface area (Å²) in [6, 6.07) is 18.0. The number of fused-ring (bicyclic) bond motifs is 1. The Morgan fingerprint density at radius 1 is 1.15 bits per heavy atom. The first-order valence-corrected chi connectivity index (χ1v) is 12.4. The number of nitrogens with zero attached hydrogens (tertiary/aromatic N) is 2. The highest BCUT2D eigenvalue weighted by Crippen LogP contribution is 2.32. The van der Waals surface area contributed by atoms with E-state index in [4.69, 9.17) is 4.74 Å². The first-order valence-electron chi connectivity index (χ1n) is 10.6. The molecule has 170 valence electrons. The third-order valence-electron chi connectivity index (χ3n) is 5.55. The van der Waals surface area contributed by atoms with Crippen LogP contribution in [0.3, 0.4) is 0 Å². The van der Waals surface area contributed by atoms with Crippen molar-refractivity contribution >= 4 is 40.3 Å². The Morgan fingerprint density at radius 2 is 1.97 bits per heavy atom. The zero-order valence-electron chi connectivity index (χ0n) is 18.5. The number of rotatable bonds is 5. The number of carbonyl (C=O) groups is 1. The van der Waals surface area contributed by atoms with Gasteiger partial charge in [0.1, 0.15) is 5.75 Å². The molecule has 3 heterocycles. The SMILES string of the molecule is COc1cccc(C2C(C(=O)Nc3ccccc3)=C(C)N=c3s/c(=C\c4ccsc4)c(=O)n32)c1. The molecule has 5 rings (SSSR count). The van der Waals surface area contributed by atoms with Crippen LogP contribution in [0.25, 0.3) is 6.08 Å². The van der Waals surface area contributed by atoms with Crippen molar-refractivity contribution in [1.82, 2.24) is 4.57 Å². The molecule has 2 aromatic carbocycles. The number of benzene rings is 2. The van der Waals surface area contributed by atoms with Gasteiger partial charge in [-0.05, 0) is 65.2 Å². The molecule has 1 amide bonds. The Kier molecular flexibility index (Phi) is 6.00. The van der Waals surface area contributed by atoms with Crippen LogP contribution in [-0.2, 0) is 4.79 Å². The topological polar surface area (TPSA) is 72.7 Å². The average molecular weight is 488 g/mol. The molecular formula is C26H21N3O3S2. The van der Waals surface area contributed by atoms with Gasteiger partial charge in [-0.2, -0.15) is 11.3 Å². The second-order valence-electron chi connectivity index (χ2n) is 7.74. The van der Waals surface area contributed by atoms with Gasteiger partial charge in [0.05, 0.1) is 29.0 Å². The third-order valence-corrected chi connectivity index (χ3v) is 7.23. The first kappa shape index (κ1) is 22.1. The molecule has 1 unspecified atom stereocenters. The summed E-state index contributed by atoms with van der Waals surface area (Å²) in [5.74, 6) is 0.350. The molecule has 1 aliphatic rings. The van der Waals surface area contributed by atoms with E-state index in [0.717, 1.165) is 11.1 Å². The van der Waals surface area contributed by atoms with Gasteiger partial charge in [-0.25, -0.2) is 4.99 Å². The van der Waals surface area contributed by atoms with Crippen LogP contribution in [0.1, 0.15) is 24.1 Å². The van der Waals surface area contributed by atoms with Crippen LogP contribution >= 0.6 is 22.7 Å². The fourth-order valence-electron chi connectivity index (χ4n) is 3.97. The number of ether oxygens (including phenoxy) is 1. The summed E-state index contributed by atoms with van der Waals surface area (Å²) in [7, 11) is 1.59. The normalized spacial score (nSPS) is 15.6. The number of methoxy groups -OCH3 is 1. The molecule has 8 heteroatoms. The molecule has 1 N–H and O–H groups in total. The van der Waals surface area contributed by atoms with Crippen molar-refractivity contribution in [2.24, 2.45) is 4.99 Å². The summed E-state index contributed by atoms with van der Waals surface area (Å²) in [5.41, 5.74) is 3.23. The fourth-order valence-corrected chi connectivity index (χ4v) is 5.63. The molecule has 0 spiro atoms. The number of hydrogen-bond donors (Lipinski definition) is 1. The number of thiazole rings is 1. The van der Waals surface area contributed by atoms with Gasteiger partial charge in [0, 0.05) is 5.69 Å². The second-order valence-corrected chi connectivity index (χ2v) is 9.52. The van der Waals surface area contributed by atoms with Gasteiger partial charge in [0.2, 0.25) is 0 Å². The monoisotopic (exact) mass is 487 g/mol. The number of nitrogens with one attached hydrogen (secondary N) is 1. The maximum absolute atomic E-state index is 13.6. The van der Waals surface area contributed by atoms with Gasteiger partial charge in [-0.1, -0.05) is 41.7 Å². The Morgan fingerprint density at radius 3 is 2.71 bits per heavy atom. The second kappa shape index (κ2) is 9.24. The molecular weight excluding hydrogens is 466 g/mol. The Balaban J connectivity index is 1.70. The quantitative estimate of drug-likeness (QED) is 0.463. The molecule has 6 nitrogen and oxygen atoms in total. The first-order chi connectivity index (χ1) is 16.5. The number of para-hydroxylation sites is 1. The molecule has 0 saturated carbocycles. The molecule has 0 bridgehead atoms. The van der Waals surface area contributed by atoms with Crippen molar-refractivity contribution in [2.75, 3.05) is 12.4 Å². The molecule has 2 aromatic heterocycles. The van der Waals surface area contributed by atoms with Crippen molar-refractivity contribution in [3.63, 3.8) is 0 Å². The predicted molar refractivity (Wildman–Crippen MR) is 136 cm³/mol. The van der Waals surface area contributed by atoms with Crippen LogP contribution in [-0.4, -0.2) is 17.6 Å². The van der Waals surface area contributed by atoms with E-state index < -0.39 is 6.04 Å². The van der Waals surface area contributed by atoms with E-state index in [2.05, 4.69) is 10.3 Å². The number of carbonyl (C=O) groups excluding carboxylic acids is 1. The van der Waals surface area contributed by atoms with Crippen molar-refractivity contribution in [2.45, 2.75) is 13.0 Å². The van der Waals surface area contributed by atoms with Crippen molar-refractivity contribution in [3.8, 4) is 5.75 Å². The minimum absolute atomic E-state index is 0.180. The minimum Gasteiger partial charge on any atom is -0.497 e. The van der Waals surface area contributed by atoms with E-state index in [1.165, 1.54) is 11.3 Å². The fraction of sp³-hybridized carbons (Fsp3) is 0.115. The molecule has 0 radical (unpaired) electrons. The van der Waals surface area contributed by atoms with E-state index in [9.17, 15) is 9.59 Å². The van der Waals surface area contributed by atoms with Gasteiger partial charge in [0.25, 0.3) is 11.5 Å². The van der Waals surface area contributed by atoms with E-state index in [0.29, 0.717) is 32.0 Å². The van der Waals surface area contributed by atoms with Crippen LogP contribution in [0, 0.1) is 0 Å². The number of thiophene rings is 1. The molecule has 0 fully saturated rings. The van der Waals surface area contributed by atoms with Gasteiger partial charge >= 0.3 is 0 Å². The van der Waals surface area contributed by atoms with Crippen molar-refractivity contribution in [1.29, 1.82) is 0 Å². The van der Waals surface area contributed by atoms with E-state index in [-0.39, 0.29) is 11.5 Å². The number of hydrogen-bond acceptors (Lipinski definition) is 6. The lowest BCUT2D eigenvalue weighted by Gasteiger charge is -2.25. The molecule has 34 heavy (non-hydrogen) atoms. The number of anilines is 1. The maximum atomic E-state index is 13.6. The smallest absolute Gasteiger partial charge is 0.271 e. The summed E-state index contributed by atoms with van der Waals surface area (Å²) >= 11 is 2.90. The number of aromatic nitrogens is 1. The highest BCUT2D eigenvalue weighted by atomic mass is 32.1. The molecule has 1 aliphatic heterocycles. The van der Waals surface area contributed by atoms with Gasteiger partial charge < -0.3 is 10.1 Å². The summed E-state index contributed by atoms with van der Waals surface area (Å²) in [6.45, 7) is 1.81. The summed E-state index contributed by atoms with van der Waals surface area (Å²) in [6.07, 6.45) is 1.87. The summed E-state index contributed by atoms with van der Waals surface area (Å²) < 4.78 is 7.62. The maximum Gasteiger partial charge on any atom is 0.271 e. The number of allylic oxidation sites excluding steroid dienone is 1. The van der Waals surface area contributed by atoms with Crippen LogP contribution < -0.4 is 24.9 Å². The van der Waals surface area contributed by atoms with Crippen LogP contribution in [0.5, 0.6) is 5.75 Å². The molecule has 0 saturated heterocycles. The van der Waals surface area contributed by atoms with E-state index in [1.54, 1.807) is 23.0 Å². The lowest BCUT2D eigenvalue weighted by Crippen LogP contribution is -2.40. The predicted octanol–water partition coefficient (Wildman–Crippen LogP) is 3.94. The minimum atomic E-state index is -0.639. The van der Waals surface area contributed by atoms with Crippen LogP contribution in [0.15, 0.2) is 92.5 Å². The number of amides is 1. The summed E-state index contributed by atoms with van der Waals surface area (Å²) in [5, 5.41) is 6.92. The van der Waals surface area contributed by atoms with Gasteiger partial charge in [-0.3, -0.25) is 14.2 Å². The molecule has 4 aromatic rings. The lowest BCUT2D eigenvalue weighted by atomic mass is 9.95. The van der Waals surface area contributed by atoms with Crippen LogP contribution in [0.4, 0.5) is 5.69 Å². The van der Waals surface area contributed by atoms with Gasteiger partial charge in [0.15, 0.2) is 4.80 Å². The molecule has 1 atom stereocenters. The van der Waals surface area contributed by atoms with E-state index >= 15 is 0 Å². The lowest BCUT2D eigenvalue weighted by molar-refractivity contribution is -0.113. The van der Waals surface area contributed by atoms with Gasteiger partial charge in [-0.15, -0.1) is 0 Å². The largest absolute Gasteiger partial charge is 0.497 e. The zero-order chi connectivity index (χ0) is 23.7. The molecule has 0 aliphatic carbocycles. The average Bonchev–Trinajstić information content (AvgIpc) is 3.47. The highest BCUT2D eigenvalue weighted by Gasteiger charge is 2.32. The van der Waals surface area contributed by atoms with Crippen molar-refractivity contribution in [3.05, 3.63) is 114 Å².